The zero-order valence-corrected chi connectivity index (χ0v) is 8.96. The lowest BCUT2D eigenvalue weighted by atomic mass is 9.77. The van der Waals surface area contributed by atoms with Crippen LogP contribution in [0.4, 0.5) is 0 Å². The molecule has 0 aromatic heterocycles. The number of aromatic hydroxyl groups is 1. The molecule has 1 fully saturated rings. The summed E-state index contributed by atoms with van der Waals surface area (Å²) in [5, 5.41) is 9.80. The quantitative estimate of drug-likeness (QED) is 0.716. The minimum atomic E-state index is 0.346. The largest absolute Gasteiger partial charge is 0.508 e. The molecule has 14 heavy (non-hydrogen) atoms. The number of phenolic OH excluding ortho intramolecular Hbond substituents is 1. The summed E-state index contributed by atoms with van der Waals surface area (Å²) in [5.41, 5.74) is 1.48. The van der Waals surface area contributed by atoms with E-state index in [0.717, 1.165) is 5.56 Å². The van der Waals surface area contributed by atoms with E-state index in [0.29, 0.717) is 17.1 Å². The van der Waals surface area contributed by atoms with Crippen LogP contribution in [0, 0.1) is 5.41 Å². The van der Waals surface area contributed by atoms with Gasteiger partial charge in [0, 0.05) is 0 Å². The summed E-state index contributed by atoms with van der Waals surface area (Å²) in [6, 6.07) is 7.76. The SMILES string of the molecule is CC1(C)CCC[C@@H]1c1ccccc1O. The highest BCUT2D eigenvalue weighted by Crippen LogP contribution is 2.50. The molecule has 0 unspecified atom stereocenters. The topological polar surface area (TPSA) is 20.2 Å². The van der Waals surface area contributed by atoms with Gasteiger partial charge in [-0.2, -0.15) is 0 Å². The van der Waals surface area contributed by atoms with Crippen molar-refractivity contribution in [3.05, 3.63) is 29.8 Å². The summed E-state index contributed by atoms with van der Waals surface area (Å²) in [4.78, 5) is 0. The molecule has 1 atom stereocenters. The van der Waals surface area contributed by atoms with E-state index >= 15 is 0 Å². The highest BCUT2D eigenvalue weighted by Gasteiger charge is 2.36. The van der Waals surface area contributed by atoms with Crippen molar-refractivity contribution in [1.82, 2.24) is 0 Å². The highest BCUT2D eigenvalue weighted by molar-refractivity contribution is 5.36. The van der Waals surface area contributed by atoms with Crippen molar-refractivity contribution in [2.45, 2.75) is 39.0 Å². The maximum Gasteiger partial charge on any atom is 0.119 e. The minimum Gasteiger partial charge on any atom is -0.508 e. The van der Waals surface area contributed by atoms with Gasteiger partial charge in [0.1, 0.15) is 5.75 Å². The molecule has 1 nitrogen and oxygen atoms in total. The Morgan fingerprint density at radius 3 is 2.57 bits per heavy atom. The fraction of sp³-hybridized carbons (Fsp3) is 0.538. The third-order valence-corrected chi connectivity index (χ3v) is 3.57. The van der Waals surface area contributed by atoms with E-state index in [9.17, 15) is 5.11 Å². The average molecular weight is 190 g/mol. The van der Waals surface area contributed by atoms with Crippen molar-refractivity contribution in [3.63, 3.8) is 0 Å². The van der Waals surface area contributed by atoms with Gasteiger partial charge >= 0.3 is 0 Å². The zero-order chi connectivity index (χ0) is 10.2. The summed E-state index contributed by atoms with van der Waals surface area (Å²) in [7, 11) is 0. The van der Waals surface area contributed by atoms with E-state index in [4.69, 9.17) is 0 Å². The Balaban J connectivity index is 2.36. The number of hydrogen-bond acceptors (Lipinski definition) is 1. The monoisotopic (exact) mass is 190 g/mol. The fourth-order valence-electron chi connectivity index (χ4n) is 2.69. The Morgan fingerprint density at radius 1 is 1.29 bits per heavy atom. The molecule has 0 heterocycles. The first-order valence-corrected chi connectivity index (χ1v) is 5.39. The summed E-state index contributed by atoms with van der Waals surface area (Å²) in [5.74, 6) is 0.996. The van der Waals surface area contributed by atoms with E-state index in [1.54, 1.807) is 6.07 Å². The van der Waals surface area contributed by atoms with Gasteiger partial charge in [-0.05, 0) is 35.8 Å². The normalized spacial score (nSPS) is 25.1. The Bertz CT molecular complexity index is 328. The molecule has 1 aromatic rings. The van der Waals surface area contributed by atoms with Crippen molar-refractivity contribution >= 4 is 0 Å². The van der Waals surface area contributed by atoms with Crippen molar-refractivity contribution in [2.24, 2.45) is 5.41 Å². The van der Waals surface area contributed by atoms with E-state index in [2.05, 4.69) is 19.9 Å². The number of phenols is 1. The predicted molar refractivity (Wildman–Crippen MR) is 58.5 cm³/mol. The van der Waals surface area contributed by atoms with Crippen LogP contribution in [0.3, 0.4) is 0 Å². The number of para-hydroxylation sites is 1. The Labute approximate surface area is 85.8 Å². The van der Waals surface area contributed by atoms with Crippen molar-refractivity contribution in [3.8, 4) is 5.75 Å². The fourth-order valence-corrected chi connectivity index (χ4v) is 2.69. The summed E-state index contributed by atoms with van der Waals surface area (Å²) in [6.45, 7) is 4.61. The summed E-state index contributed by atoms with van der Waals surface area (Å²) >= 11 is 0. The molecule has 1 aliphatic rings. The smallest absolute Gasteiger partial charge is 0.119 e. The first-order valence-electron chi connectivity index (χ1n) is 5.39. The third kappa shape index (κ3) is 1.52. The van der Waals surface area contributed by atoms with Crippen LogP contribution >= 0.6 is 0 Å². The average Bonchev–Trinajstić information content (AvgIpc) is 2.46. The number of benzene rings is 1. The summed E-state index contributed by atoms with van der Waals surface area (Å²) in [6.07, 6.45) is 3.77. The van der Waals surface area contributed by atoms with Crippen LogP contribution in [0.5, 0.6) is 5.75 Å². The molecule has 2 rings (SSSR count). The maximum absolute atomic E-state index is 9.80. The Morgan fingerprint density at radius 2 is 2.00 bits per heavy atom. The Hall–Kier alpha value is -0.980. The maximum atomic E-state index is 9.80. The second-order valence-electron chi connectivity index (χ2n) is 4.99. The van der Waals surface area contributed by atoms with Crippen molar-refractivity contribution in [2.75, 3.05) is 0 Å². The molecule has 0 amide bonds. The summed E-state index contributed by atoms with van der Waals surface area (Å²) < 4.78 is 0. The molecule has 1 aliphatic carbocycles. The molecular formula is C13H18O. The van der Waals surface area contributed by atoms with Crippen LogP contribution in [0.1, 0.15) is 44.6 Å². The molecule has 0 aliphatic heterocycles. The van der Waals surface area contributed by atoms with Crippen LogP contribution in [0.15, 0.2) is 24.3 Å². The van der Waals surface area contributed by atoms with Crippen LogP contribution in [0.2, 0.25) is 0 Å². The van der Waals surface area contributed by atoms with E-state index in [1.165, 1.54) is 19.3 Å². The van der Waals surface area contributed by atoms with Crippen LogP contribution in [-0.4, -0.2) is 5.11 Å². The van der Waals surface area contributed by atoms with Gasteiger partial charge in [0.2, 0.25) is 0 Å². The molecule has 76 valence electrons. The highest BCUT2D eigenvalue weighted by atomic mass is 16.3. The third-order valence-electron chi connectivity index (χ3n) is 3.57. The number of rotatable bonds is 1. The lowest BCUT2D eigenvalue weighted by Gasteiger charge is -2.27. The molecule has 1 N–H and O–H groups in total. The Kier molecular flexibility index (Phi) is 2.26. The first-order chi connectivity index (χ1) is 6.61. The lowest BCUT2D eigenvalue weighted by Crippen LogP contribution is -2.15. The molecule has 1 saturated carbocycles. The molecule has 0 radical (unpaired) electrons. The van der Waals surface area contributed by atoms with E-state index < -0.39 is 0 Å². The molecule has 0 saturated heterocycles. The molecule has 1 aromatic carbocycles. The van der Waals surface area contributed by atoms with Crippen molar-refractivity contribution in [1.29, 1.82) is 0 Å². The lowest BCUT2D eigenvalue weighted by molar-refractivity contribution is 0.324. The van der Waals surface area contributed by atoms with Gasteiger partial charge in [-0.15, -0.1) is 0 Å². The van der Waals surface area contributed by atoms with Gasteiger partial charge in [0.25, 0.3) is 0 Å². The second kappa shape index (κ2) is 3.30. The minimum absolute atomic E-state index is 0.346. The van der Waals surface area contributed by atoms with Crippen LogP contribution < -0.4 is 0 Å². The van der Waals surface area contributed by atoms with Gasteiger partial charge < -0.3 is 5.11 Å². The number of hydrogen-bond donors (Lipinski definition) is 1. The first kappa shape index (κ1) is 9.57. The van der Waals surface area contributed by atoms with E-state index in [-0.39, 0.29) is 0 Å². The van der Waals surface area contributed by atoms with E-state index in [1.807, 2.05) is 12.1 Å². The van der Waals surface area contributed by atoms with Gasteiger partial charge in [-0.3, -0.25) is 0 Å². The van der Waals surface area contributed by atoms with Gasteiger partial charge in [0.15, 0.2) is 0 Å². The van der Waals surface area contributed by atoms with Gasteiger partial charge in [0.05, 0.1) is 0 Å². The van der Waals surface area contributed by atoms with Gasteiger partial charge in [-0.1, -0.05) is 38.5 Å². The molecule has 1 heteroatoms. The van der Waals surface area contributed by atoms with Crippen LogP contribution in [-0.2, 0) is 0 Å². The van der Waals surface area contributed by atoms with Crippen LogP contribution in [0.25, 0.3) is 0 Å². The molecule has 0 bridgehead atoms. The standard InChI is InChI=1S/C13H18O/c1-13(2)9-5-7-11(13)10-6-3-4-8-12(10)14/h3-4,6,8,11,14H,5,7,9H2,1-2H3/t11-/m1/s1. The van der Waals surface area contributed by atoms with Crippen molar-refractivity contribution < 1.29 is 5.11 Å². The molecule has 0 spiro atoms. The zero-order valence-electron chi connectivity index (χ0n) is 8.96. The molecular weight excluding hydrogens is 172 g/mol. The second-order valence-corrected chi connectivity index (χ2v) is 4.99. The predicted octanol–water partition coefficient (Wildman–Crippen LogP) is 3.69. The van der Waals surface area contributed by atoms with Gasteiger partial charge in [-0.25, -0.2) is 0 Å².